The molecule has 0 saturated heterocycles. The summed E-state index contributed by atoms with van der Waals surface area (Å²) in [7, 11) is 1.96. The molecule has 0 saturated carbocycles. The van der Waals surface area contributed by atoms with E-state index in [2.05, 4.69) is 48.0 Å². The van der Waals surface area contributed by atoms with Crippen molar-refractivity contribution in [3.8, 4) is 11.6 Å². The molecule has 1 N–H and O–H groups in total. The van der Waals surface area contributed by atoms with Crippen LogP contribution < -0.4 is 5.32 Å². The summed E-state index contributed by atoms with van der Waals surface area (Å²) in [6.45, 7) is 10.4. The van der Waals surface area contributed by atoms with Gasteiger partial charge in [-0.05, 0) is 31.9 Å². The van der Waals surface area contributed by atoms with Crippen LogP contribution in [0.4, 0.5) is 0 Å². The number of aromatic nitrogens is 4. The Morgan fingerprint density at radius 2 is 1.90 bits per heavy atom. The van der Waals surface area contributed by atoms with Crippen LogP contribution in [0.3, 0.4) is 0 Å². The number of hydrogen-bond donors (Lipinski definition) is 1. The number of aryl methyl sites for hydroxylation is 3. The third-order valence-electron chi connectivity index (χ3n) is 3.54. The molecule has 0 bridgehead atoms. The van der Waals surface area contributed by atoms with Crippen LogP contribution in [0.25, 0.3) is 11.6 Å². The summed E-state index contributed by atoms with van der Waals surface area (Å²) in [6.07, 6.45) is 3.68. The Morgan fingerprint density at radius 3 is 2.40 bits per heavy atom. The van der Waals surface area contributed by atoms with Gasteiger partial charge >= 0.3 is 0 Å². The van der Waals surface area contributed by atoms with E-state index in [4.69, 9.17) is 0 Å². The standard InChI is InChI=1S/C15H23N5/c1-6-16-9-10(2)13-11(3)18-14(19-12(13)4)15-17-7-8-20(15)5/h7-8,10,16H,6,9H2,1-5H3. The molecule has 0 radical (unpaired) electrons. The Balaban J connectivity index is 2.36. The highest BCUT2D eigenvalue weighted by Gasteiger charge is 2.16. The summed E-state index contributed by atoms with van der Waals surface area (Å²) in [5, 5.41) is 3.38. The first-order valence-corrected chi connectivity index (χ1v) is 7.08. The van der Waals surface area contributed by atoms with E-state index in [9.17, 15) is 0 Å². The van der Waals surface area contributed by atoms with Crippen molar-refractivity contribution in [1.29, 1.82) is 0 Å². The van der Waals surface area contributed by atoms with Gasteiger partial charge in [-0.25, -0.2) is 15.0 Å². The van der Waals surface area contributed by atoms with Crippen LogP contribution >= 0.6 is 0 Å². The zero-order valence-corrected chi connectivity index (χ0v) is 12.9. The Kier molecular flexibility index (Phi) is 4.49. The molecule has 0 amide bonds. The molecule has 0 spiro atoms. The Labute approximate surface area is 120 Å². The van der Waals surface area contributed by atoms with Crippen LogP contribution in [0.5, 0.6) is 0 Å². The summed E-state index contributed by atoms with van der Waals surface area (Å²) < 4.78 is 1.94. The highest BCUT2D eigenvalue weighted by molar-refractivity contribution is 5.46. The Hall–Kier alpha value is -1.75. The molecule has 2 aromatic heterocycles. The van der Waals surface area contributed by atoms with Gasteiger partial charge in [0.15, 0.2) is 11.6 Å². The summed E-state index contributed by atoms with van der Waals surface area (Å²) in [5.41, 5.74) is 3.32. The molecule has 1 atom stereocenters. The number of imidazole rings is 1. The first-order valence-electron chi connectivity index (χ1n) is 7.08. The summed E-state index contributed by atoms with van der Waals surface area (Å²) in [4.78, 5) is 13.6. The topological polar surface area (TPSA) is 55.6 Å². The molecule has 2 heterocycles. The number of rotatable bonds is 5. The molecule has 0 aromatic carbocycles. The number of nitrogens with zero attached hydrogens (tertiary/aromatic N) is 4. The number of likely N-dealkylation sites (N-methyl/N-ethyl adjacent to an activating group) is 1. The first kappa shape index (κ1) is 14.7. The minimum Gasteiger partial charge on any atom is -0.331 e. The number of hydrogen-bond acceptors (Lipinski definition) is 4. The van der Waals surface area contributed by atoms with Gasteiger partial charge in [-0.3, -0.25) is 0 Å². The molecule has 5 heteroatoms. The second-order valence-electron chi connectivity index (χ2n) is 5.20. The van der Waals surface area contributed by atoms with Gasteiger partial charge in [0.1, 0.15) is 0 Å². The van der Waals surface area contributed by atoms with E-state index < -0.39 is 0 Å². The van der Waals surface area contributed by atoms with Crippen molar-refractivity contribution in [2.45, 2.75) is 33.6 Å². The average Bonchev–Trinajstić information content (AvgIpc) is 2.81. The van der Waals surface area contributed by atoms with Crippen molar-refractivity contribution in [2.24, 2.45) is 7.05 Å². The molecular weight excluding hydrogens is 250 g/mol. The SMILES string of the molecule is CCNCC(C)c1c(C)nc(-c2nccn2C)nc1C. The normalized spacial score (nSPS) is 12.7. The second kappa shape index (κ2) is 6.13. The van der Waals surface area contributed by atoms with E-state index >= 15 is 0 Å². The van der Waals surface area contributed by atoms with Crippen LogP contribution in [0.1, 0.15) is 36.7 Å². The van der Waals surface area contributed by atoms with E-state index in [-0.39, 0.29) is 0 Å². The molecule has 0 fully saturated rings. The van der Waals surface area contributed by atoms with E-state index in [0.717, 1.165) is 30.3 Å². The van der Waals surface area contributed by atoms with Crippen molar-refractivity contribution in [3.05, 3.63) is 29.3 Å². The smallest absolute Gasteiger partial charge is 0.196 e. The third-order valence-corrected chi connectivity index (χ3v) is 3.54. The molecule has 108 valence electrons. The lowest BCUT2D eigenvalue weighted by atomic mass is 9.98. The molecule has 0 aliphatic carbocycles. The van der Waals surface area contributed by atoms with Crippen molar-refractivity contribution in [2.75, 3.05) is 13.1 Å². The quantitative estimate of drug-likeness (QED) is 0.907. The van der Waals surface area contributed by atoms with Gasteiger partial charge in [-0.2, -0.15) is 0 Å². The predicted molar refractivity (Wildman–Crippen MR) is 80.7 cm³/mol. The zero-order valence-electron chi connectivity index (χ0n) is 12.9. The van der Waals surface area contributed by atoms with Crippen LogP contribution in [-0.4, -0.2) is 32.6 Å². The van der Waals surface area contributed by atoms with Crippen LogP contribution in [0, 0.1) is 13.8 Å². The summed E-state index contributed by atoms with van der Waals surface area (Å²) in [5.74, 6) is 1.92. The van der Waals surface area contributed by atoms with Gasteiger partial charge in [0.2, 0.25) is 0 Å². The molecule has 0 aliphatic heterocycles. The molecule has 5 nitrogen and oxygen atoms in total. The fourth-order valence-electron chi connectivity index (χ4n) is 2.58. The summed E-state index contributed by atoms with van der Waals surface area (Å²) in [6, 6.07) is 0. The van der Waals surface area contributed by atoms with Gasteiger partial charge < -0.3 is 9.88 Å². The second-order valence-corrected chi connectivity index (χ2v) is 5.20. The van der Waals surface area contributed by atoms with Crippen LogP contribution in [0.2, 0.25) is 0 Å². The minimum atomic E-state index is 0.408. The highest BCUT2D eigenvalue weighted by Crippen LogP contribution is 2.23. The minimum absolute atomic E-state index is 0.408. The van der Waals surface area contributed by atoms with Gasteiger partial charge in [-0.15, -0.1) is 0 Å². The Morgan fingerprint density at radius 1 is 1.25 bits per heavy atom. The molecule has 20 heavy (non-hydrogen) atoms. The van der Waals surface area contributed by atoms with Gasteiger partial charge in [0, 0.05) is 37.4 Å². The van der Waals surface area contributed by atoms with Crippen molar-refractivity contribution < 1.29 is 0 Å². The highest BCUT2D eigenvalue weighted by atomic mass is 15.1. The lowest BCUT2D eigenvalue weighted by Gasteiger charge is -2.17. The third kappa shape index (κ3) is 2.88. The van der Waals surface area contributed by atoms with Crippen molar-refractivity contribution in [3.63, 3.8) is 0 Å². The lowest BCUT2D eigenvalue weighted by molar-refractivity contribution is 0.624. The maximum Gasteiger partial charge on any atom is 0.196 e. The van der Waals surface area contributed by atoms with Crippen molar-refractivity contribution >= 4 is 0 Å². The average molecular weight is 273 g/mol. The van der Waals surface area contributed by atoms with Gasteiger partial charge in [-0.1, -0.05) is 13.8 Å². The maximum absolute atomic E-state index is 4.64. The zero-order chi connectivity index (χ0) is 14.7. The Bertz CT molecular complexity index is 565. The van der Waals surface area contributed by atoms with Crippen LogP contribution in [0.15, 0.2) is 12.4 Å². The van der Waals surface area contributed by atoms with Gasteiger partial charge in [0.05, 0.1) is 0 Å². The molecule has 1 unspecified atom stereocenters. The van der Waals surface area contributed by atoms with E-state index in [0.29, 0.717) is 11.7 Å². The molecule has 2 aromatic rings. The maximum atomic E-state index is 4.64. The van der Waals surface area contributed by atoms with Gasteiger partial charge in [0.25, 0.3) is 0 Å². The fraction of sp³-hybridized carbons (Fsp3) is 0.533. The molecule has 2 rings (SSSR count). The monoisotopic (exact) mass is 273 g/mol. The lowest BCUT2D eigenvalue weighted by Crippen LogP contribution is -2.21. The summed E-state index contributed by atoms with van der Waals surface area (Å²) >= 11 is 0. The fourth-order valence-corrected chi connectivity index (χ4v) is 2.58. The number of nitrogens with one attached hydrogen (secondary N) is 1. The van der Waals surface area contributed by atoms with E-state index in [1.807, 2.05) is 17.8 Å². The van der Waals surface area contributed by atoms with E-state index in [1.54, 1.807) is 6.20 Å². The molecule has 0 aliphatic rings. The molecular formula is C15H23N5. The first-order chi connectivity index (χ1) is 9.54. The predicted octanol–water partition coefficient (Wildman–Crippen LogP) is 2.21. The van der Waals surface area contributed by atoms with Crippen molar-refractivity contribution in [1.82, 2.24) is 24.8 Å². The van der Waals surface area contributed by atoms with E-state index in [1.165, 1.54) is 5.56 Å². The van der Waals surface area contributed by atoms with Crippen LogP contribution in [-0.2, 0) is 7.05 Å². The largest absolute Gasteiger partial charge is 0.331 e.